The highest BCUT2D eigenvalue weighted by molar-refractivity contribution is 7.90. The Morgan fingerprint density at radius 2 is 1.74 bits per heavy atom. The predicted molar refractivity (Wildman–Crippen MR) is 73.2 cm³/mol. The summed E-state index contributed by atoms with van der Waals surface area (Å²) in [5.41, 5.74) is 5.40. The fraction of sp³-hybridized carbons (Fsp3) is 0.0769. The molecule has 2 aromatic rings. The van der Waals surface area contributed by atoms with Crippen LogP contribution in [0.2, 0.25) is 5.02 Å². The van der Waals surface area contributed by atoms with Crippen molar-refractivity contribution in [3.05, 3.63) is 58.9 Å². The molecular formula is C13H11ClFNO2S. The molecule has 0 saturated carbocycles. The monoisotopic (exact) mass is 299 g/mol. The minimum Gasteiger partial charge on any atom is -0.396 e. The normalized spacial score (nSPS) is 11.5. The van der Waals surface area contributed by atoms with Gasteiger partial charge in [-0.05, 0) is 30.3 Å². The fourth-order valence-corrected chi connectivity index (χ4v) is 3.12. The van der Waals surface area contributed by atoms with Crippen molar-refractivity contribution < 1.29 is 12.8 Å². The first kappa shape index (κ1) is 13.8. The Bertz CT molecular complexity index is 699. The van der Waals surface area contributed by atoms with E-state index in [-0.39, 0.29) is 16.1 Å². The molecule has 0 bridgehead atoms. The van der Waals surface area contributed by atoms with Crippen LogP contribution in [0, 0.1) is 5.82 Å². The van der Waals surface area contributed by atoms with E-state index in [0.29, 0.717) is 5.02 Å². The molecule has 0 atom stereocenters. The van der Waals surface area contributed by atoms with E-state index in [9.17, 15) is 12.8 Å². The molecule has 0 fully saturated rings. The smallest absolute Gasteiger partial charge is 0.182 e. The molecule has 0 aliphatic carbocycles. The lowest BCUT2D eigenvalue weighted by Crippen LogP contribution is -2.07. The summed E-state index contributed by atoms with van der Waals surface area (Å²) in [6.45, 7) is 0. The molecule has 0 spiro atoms. The van der Waals surface area contributed by atoms with Crippen LogP contribution in [-0.4, -0.2) is 8.42 Å². The highest BCUT2D eigenvalue weighted by Gasteiger charge is 2.18. The molecule has 2 rings (SSSR count). The molecule has 0 saturated heterocycles. The topological polar surface area (TPSA) is 60.2 Å². The van der Waals surface area contributed by atoms with Gasteiger partial charge >= 0.3 is 0 Å². The SMILES string of the molecule is Nc1cccc(CS(=O)(=O)c2ccc(Cl)cc2)c1F. The summed E-state index contributed by atoms with van der Waals surface area (Å²) in [4.78, 5) is 0.0960. The van der Waals surface area contributed by atoms with Gasteiger partial charge in [0.1, 0.15) is 5.82 Å². The lowest BCUT2D eigenvalue weighted by molar-refractivity contribution is 0.588. The number of rotatable bonds is 3. The van der Waals surface area contributed by atoms with Crippen molar-refractivity contribution in [2.75, 3.05) is 5.73 Å². The van der Waals surface area contributed by atoms with Crippen molar-refractivity contribution in [2.24, 2.45) is 0 Å². The Kier molecular flexibility index (Phi) is 3.78. The van der Waals surface area contributed by atoms with Gasteiger partial charge in [0.15, 0.2) is 9.84 Å². The predicted octanol–water partition coefficient (Wildman–Crippen LogP) is 3.04. The number of nitrogens with two attached hydrogens (primary N) is 1. The molecule has 100 valence electrons. The maximum atomic E-state index is 13.7. The van der Waals surface area contributed by atoms with E-state index < -0.39 is 21.4 Å². The Balaban J connectivity index is 2.36. The highest BCUT2D eigenvalue weighted by Crippen LogP contribution is 2.22. The average Bonchev–Trinajstić information content (AvgIpc) is 2.35. The summed E-state index contributed by atoms with van der Waals surface area (Å²) < 4.78 is 38.0. The zero-order chi connectivity index (χ0) is 14.0. The van der Waals surface area contributed by atoms with Crippen molar-refractivity contribution in [1.29, 1.82) is 0 Å². The fourth-order valence-electron chi connectivity index (χ4n) is 1.64. The number of sulfone groups is 1. The molecule has 19 heavy (non-hydrogen) atoms. The van der Waals surface area contributed by atoms with Gasteiger partial charge in [-0.2, -0.15) is 0 Å². The summed E-state index contributed by atoms with van der Waals surface area (Å²) in [5, 5.41) is 0.439. The minimum absolute atomic E-state index is 0.0509. The number of anilines is 1. The maximum absolute atomic E-state index is 13.7. The van der Waals surface area contributed by atoms with E-state index in [0.717, 1.165) is 0 Å². The van der Waals surface area contributed by atoms with Gasteiger partial charge in [0.05, 0.1) is 16.3 Å². The largest absolute Gasteiger partial charge is 0.396 e. The first-order valence-corrected chi connectivity index (χ1v) is 7.44. The molecule has 3 nitrogen and oxygen atoms in total. The third-order valence-corrected chi connectivity index (χ3v) is 4.56. The minimum atomic E-state index is -3.62. The van der Waals surface area contributed by atoms with Crippen LogP contribution in [0.3, 0.4) is 0 Å². The van der Waals surface area contributed by atoms with Gasteiger partial charge in [0, 0.05) is 10.6 Å². The summed E-state index contributed by atoms with van der Waals surface area (Å²) in [6.07, 6.45) is 0. The second kappa shape index (κ2) is 5.19. The van der Waals surface area contributed by atoms with Crippen LogP contribution in [0.1, 0.15) is 5.56 Å². The van der Waals surface area contributed by atoms with Crippen LogP contribution in [0.15, 0.2) is 47.4 Å². The Labute approximate surface area is 115 Å². The first-order chi connectivity index (χ1) is 8.90. The van der Waals surface area contributed by atoms with Crippen molar-refractivity contribution in [2.45, 2.75) is 10.6 Å². The van der Waals surface area contributed by atoms with Crippen LogP contribution in [0.4, 0.5) is 10.1 Å². The van der Waals surface area contributed by atoms with Gasteiger partial charge in [0.25, 0.3) is 0 Å². The van der Waals surface area contributed by atoms with Gasteiger partial charge in [-0.1, -0.05) is 23.7 Å². The van der Waals surface area contributed by atoms with E-state index in [1.165, 1.54) is 42.5 Å². The van der Waals surface area contributed by atoms with Gasteiger partial charge in [-0.3, -0.25) is 0 Å². The molecule has 0 aliphatic heterocycles. The zero-order valence-corrected chi connectivity index (χ0v) is 11.4. The summed E-state index contributed by atoms with van der Waals surface area (Å²) in [7, 11) is -3.62. The van der Waals surface area contributed by atoms with E-state index in [1.807, 2.05) is 0 Å². The molecule has 2 N–H and O–H groups in total. The Hall–Kier alpha value is -1.59. The Morgan fingerprint density at radius 3 is 2.37 bits per heavy atom. The lowest BCUT2D eigenvalue weighted by Gasteiger charge is -2.07. The quantitative estimate of drug-likeness (QED) is 0.886. The summed E-state index contributed by atoms with van der Waals surface area (Å²) >= 11 is 5.70. The number of hydrogen-bond acceptors (Lipinski definition) is 3. The van der Waals surface area contributed by atoms with Crippen LogP contribution in [0.25, 0.3) is 0 Å². The van der Waals surface area contributed by atoms with Crippen molar-refractivity contribution in [3.63, 3.8) is 0 Å². The van der Waals surface area contributed by atoms with E-state index >= 15 is 0 Å². The van der Waals surface area contributed by atoms with E-state index in [1.54, 1.807) is 0 Å². The van der Waals surface area contributed by atoms with Crippen LogP contribution >= 0.6 is 11.6 Å². The second-order valence-electron chi connectivity index (χ2n) is 4.03. The van der Waals surface area contributed by atoms with Gasteiger partial charge in [-0.15, -0.1) is 0 Å². The first-order valence-electron chi connectivity index (χ1n) is 5.41. The van der Waals surface area contributed by atoms with Crippen molar-refractivity contribution in [3.8, 4) is 0 Å². The van der Waals surface area contributed by atoms with Crippen LogP contribution in [0.5, 0.6) is 0 Å². The molecule has 0 aliphatic rings. The molecule has 0 aromatic heterocycles. The number of halogens is 2. The van der Waals surface area contributed by atoms with Crippen molar-refractivity contribution in [1.82, 2.24) is 0 Å². The zero-order valence-electron chi connectivity index (χ0n) is 9.81. The summed E-state index contributed by atoms with van der Waals surface area (Å²) in [6, 6.07) is 10.0. The molecule has 2 aromatic carbocycles. The highest BCUT2D eigenvalue weighted by atomic mass is 35.5. The number of hydrogen-bond donors (Lipinski definition) is 1. The van der Waals surface area contributed by atoms with Gasteiger partial charge in [0.2, 0.25) is 0 Å². The van der Waals surface area contributed by atoms with E-state index in [2.05, 4.69) is 0 Å². The molecule has 0 radical (unpaired) electrons. The molecule has 6 heteroatoms. The Morgan fingerprint density at radius 1 is 1.11 bits per heavy atom. The average molecular weight is 300 g/mol. The van der Waals surface area contributed by atoms with Crippen LogP contribution < -0.4 is 5.73 Å². The lowest BCUT2D eigenvalue weighted by atomic mass is 10.2. The maximum Gasteiger partial charge on any atom is 0.182 e. The molecule has 0 heterocycles. The van der Waals surface area contributed by atoms with Crippen molar-refractivity contribution >= 4 is 27.1 Å². The third-order valence-electron chi connectivity index (χ3n) is 2.63. The molecular weight excluding hydrogens is 289 g/mol. The number of nitrogen functional groups attached to an aromatic ring is 1. The van der Waals surface area contributed by atoms with E-state index in [4.69, 9.17) is 17.3 Å². The molecule has 0 unspecified atom stereocenters. The van der Waals surface area contributed by atoms with Gasteiger partial charge < -0.3 is 5.73 Å². The third kappa shape index (κ3) is 3.05. The molecule has 0 amide bonds. The summed E-state index contributed by atoms with van der Waals surface area (Å²) in [5.74, 6) is -1.13. The second-order valence-corrected chi connectivity index (χ2v) is 6.46. The standard InChI is InChI=1S/C13H11ClFNO2S/c14-10-4-6-11(7-5-10)19(17,18)8-9-2-1-3-12(16)13(9)15/h1-7H,8,16H2. The number of benzene rings is 2. The van der Waals surface area contributed by atoms with Gasteiger partial charge in [-0.25, -0.2) is 12.8 Å². The van der Waals surface area contributed by atoms with Crippen LogP contribution in [-0.2, 0) is 15.6 Å².